The van der Waals surface area contributed by atoms with Crippen LogP contribution in [0.5, 0.6) is 5.75 Å². The summed E-state index contributed by atoms with van der Waals surface area (Å²) in [5, 5.41) is 19.7. The van der Waals surface area contributed by atoms with E-state index in [0.717, 1.165) is 0 Å². The zero-order valence-corrected chi connectivity index (χ0v) is 9.51. The quantitative estimate of drug-likeness (QED) is 0.792. The second-order valence-corrected chi connectivity index (χ2v) is 3.73. The smallest absolute Gasteiger partial charge is 0.341 e. The summed E-state index contributed by atoms with van der Waals surface area (Å²) in [5.74, 6) is -1.92. The van der Waals surface area contributed by atoms with E-state index in [1.807, 2.05) is 0 Å². The Bertz CT molecular complexity index is 645. The van der Waals surface area contributed by atoms with Crippen LogP contribution in [0.4, 0.5) is 0 Å². The van der Waals surface area contributed by atoms with Crippen LogP contribution in [-0.4, -0.2) is 29.3 Å². The number of ether oxygens (including phenoxy) is 1. The molecule has 0 bridgehead atoms. The van der Waals surface area contributed by atoms with Gasteiger partial charge in [-0.3, -0.25) is 0 Å². The summed E-state index contributed by atoms with van der Waals surface area (Å²) in [5.41, 5.74) is 0.122. The van der Waals surface area contributed by atoms with Crippen molar-refractivity contribution >= 4 is 22.7 Å². The van der Waals surface area contributed by atoms with Crippen LogP contribution < -0.4 is 0 Å². The molecule has 0 fully saturated rings. The lowest BCUT2D eigenvalue weighted by atomic mass is 10.0. The van der Waals surface area contributed by atoms with Gasteiger partial charge in [0.05, 0.1) is 12.7 Å². The third kappa shape index (κ3) is 1.98. The molecule has 92 valence electrons. The Morgan fingerprint density at radius 3 is 2.44 bits per heavy atom. The number of carbonyl (C=O) groups is 2. The van der Waals surface area contributed by atoms with Crippen LogP contribution in [0.1, 0.15) is 20.7 Å². The first kappa shape index (κ1) is 11.9. The number of methoxy groups -OCH3 is 1. The maximum absolute atomic E-state index is 11.4. The van der Waals surface area contributed by atoms with Crippen molar-refractivity contribution in [3.05, 3.63) is 41.5 Å². The monoisotopic (exact) mass is 246 g/mol. The highest BCUT2D eigenvalue weighted by Crippen LogP contribution is 2.26. The molecule has 0 heterocycles. The van der Waals surface area contributed by atoms with E-state index < -0.39 is 11.9 Å². The topological polar surface area (TPSA) is 83.8 Å². The number of fused-ring (bicyclic) bond motifs is 1. The second-order valence-electron chi connectivity index (χ2n) is 3.73. The molecule has 0 saturated carbocycles. The maximum atomic E-state index is 11.4. The van der Waals surface area contributed by atoms with Crippen LogP contribution in [0, 0.1) is 0 Å². The van der Waals surface area contributed by atoms with E-state index in [0.29, 0.717) is 10.8 Å². The fourth-order valence-corrected chi connectivity index (χ4v) is 1.69. The lowest BCUT2D eigenvalue weighted by Gasteiger charge is -2.06. The summed E-state index contributed by atoms with van der Waals surface area (Å²) >= 11 is 0. The minimum absolute atomic E-state index is 0.00698. The van der Waals surface area contributed by atoms with Crippen LogP contribution in [0.3, 0.4) is 0 Å². The Hall–Kier alpha value is -2.56. The summed E-state index contributed by atoms with van der Waals surface area (Å²) in [4.78, 5) is 22.2. The molecule has 0 aliphatic heterocycles. The number of aromatic carboxylic acids is 1. The predicted octanol–water partition coefficient (Wildman–Crippen LogP) is 2.03. The molecule has 0 unspecified atom stereocenters. The van der Waals surface area contributed by atoms with Crippen LogP contribution in [-0.2, 0) is 4.74 Å². The van der Waals surface area contributed by atoms with Gasteiger partial charge in [0, 0.05) is 0 Å². The number of hydrogen-bond acceptors (Lipinski definition) is 4. The van der Waals surface area contributed by atoms with Gasteiger partial charge in [-0.1, -0.05) is 6.07 Å². The molecular weight excluding hydrogens is 236 g/mol. The second kappa shape index (κ2) is 4.37. The van der Waals surface area contributed by atoms with Gasteiger partial charge in [0.15, 0.2) is 0 Å². The van der Waals surface area contributed by atoms with E-state index in [9.17, 15) is 14.7 Å². The zero-order chi connectivity index (χ0) is 13.3. The molecule has 0 radical (unpaired) electrons. The molecule has 0 spiro atoms. The van der Waals surface area contributed by atoms with Crippen molar-refractivity contribution in [1.29, 1.82) is 0 Å². The number of aromatic hydroxyl groups is 1. The van der Waals surface area contributed by atoms with Crippen LogP contribution in [0.2, 0.25) is 0 Å². The Kier molecular flexibility index (Phi) is 2.89. The highest BCUT2D eigenvalue weighted by atomic mass is 16.5. The number of esters is 1. The summed E-state index contributed by atoms with van der Waals surface area (Å²) < 4.78 is 4.53. The molecule has 2 aromatic rings. The molecule has 2 aromatic carbocycles. The first-order chi connectivity index (χ1) is 8.52. The molecule has 5 nitrogen and oxygen atoms in total. The van der Waals surface area contributed by atoms with Gasteiger partial charge in [-0.2, -0.15) is 0 Å². The van der Waals surface area contributed by atoms with Gasteiger partial charge >= 0.3 is 11.9 Å². The van der Waals surface area contributed by atoms with Gasteiger partial charge in [0.1, 0.15) is 11.3 Å². The first-order valence-corrected chi connectivity index (χ1v) is 5.11. The fourth-order valence-electron chi connectivity index (χ4n) is 1.69. The van der Waals surface area contributed by atoms with E-state index in [-0.39, 0.29) is 16.9 Å². The molecule has 2 N–H and O–H groups in total. The van der Waals surface area contributed by atoms with Gasteiger partial charge in [0.2, 0.25) is 0 Å². The average molecular weight is 246 g/mol. The van der Waals surface area contributed by atoms with Crippen molar-refractivity contribution in [2.24, 2.45) is 0 Å². The number of phenols is 1. The standard InChI is InChI=1S/C13H10O5/c1-18-13(17)10-5-9-4-8(12(15)16)3-2-7(9)6-11(10)14/h2-6,14H,1H3,(H,15,16). The Balaban J connectivity index is 2.66. The summed E-state index contributed by atoms with van der Waals surface area (Å²) in [6, 6.07) is 7.24. The van der Waals surface area contributed by atoms with Crippen LogP contribution in [0.15, 0.2) is 30.3 Å². The molecule has 0 aromatic heterocycles. The third-order valence-corrected chi connectivity index (χ3v) is 2.61. The molecular formula is C13H10O5. The number of hydrogen-bond donors (Lipinski definition) is 2. The fraction of sp³-hybridized carbons (Fsp3) is 0.0769. The Labute approximate surface area is 102 Å². The molecule has 0 atom stereocenters. The SMILES string of the molecule is COC(=O)c1cc2cc(C(=O)O)ccc2cc1O. The molecule has 18 heavy (non-hydrogen) atoms. The van der Waals surface area contributed by atoms with Crippen molar-refractivity contribution in [1.82, 2.24) is 0 Å². The van der Waals surface area contributed by atoms with Crippen LogP contribution >= 0.6 is 0 Å². The van der Waals surface area contributed by atoms with Gasteiger partial charge in [-0.25, -0.2) is 9.59 Å². The van der Waals surface area contributed by atoms with Crippen molar-refractivity contribution in [3.63, 3.8) is 0 Å². The number of benzene rings is 2. The molecule has 5 heteroatoms. The minimum atomic E-state index is -1.05. The molecule has 2 rings (SSSR count). The lowest BCUT2D eigenvalue weighted by Crippen LogP contribution is -2.02. The first-order valence-electron chi connectivity index (χ1n) is 5.11. The van der Waals surface area contributed by atoms with E-state index in [1.54, 1.807) is 6.07 Å². The normalized spacial score (nSPS) is 10.3. The average Bonchev–Trinajstić information content (AvgIpc) is 2.36. The number of carboxylic acids is 1. The van der Waals surface area contributed by atoms with Gasteiger partial charge in [-0.05, 0) is 35.0 Å². The van der Waals surface area contributed by atoms with Crippen molar-refractivity contribution < 1.29 is 24.5 Å². The largest absolute Gasteiger partial charge is 0.507 e. The molecule has 0 aliphatic carbocycles. The summed E-state index contributed by atoms with van der Waals surface area (Å²) in [6.45, 7) is 0. The number of phenolic OH excluding ortho intramolecular Hbond substituents is 1. The number of carbonyl (C=O) groups excluding carboxylic acids is 1. The number of rotatable bonds is 2. The predicted molar refractivity (Wildman–Crippen MR) is 63.9 cm³/mol. The zero-order valence-electron chi connectivity index (χ0n) is 9.51. The van der Waals surface area contributed by atoms with E-state index >= 15 is 0 Å². The van der Waals surface area contributed by atoms with E-state index in [1.165, 1.54) is 31.4 Å². The molecule has 0 saturated heterocycles. The number of carboxylic acid groups (broad SMARTS) is 1. The Morgan fingerprint density at radius 1 is 1.11 bits per heavy atom. The van der Waals surface area contributed by atoms with Crippen molar-refractivity contribution in [3.8, 4) is 5.75 Å². The summed E-state index contributed by atoms with van der Waals surface area (Å²) in [7, 11) is 1.21. The minimum Gasteiger partial charge on any atom is -0.507 e. The van der Waals surface area contributed by atoms with E-state index in [4.69, 9.17) is 5.11 Å². The van der Waals surface area contributed by atoms with Gasteiger partial charge < -0.3 is 14.9 Å². The molecule has 0 aliphatic rings. The van der Waals surface area contributed by atoms with Crippen LogP contribution in [0.25, 0.3) is 10.8 Å². The molecule has 0 amide bonds. The van der Waals surface area contributed by atoms with E-state index in [2.05, 4.69) is 4.74 Å². The lowest BCUT2D eigenvalue weighted by molar-refractivity contribution is 0.0597. The highest BCUT2D eigenvalue weighted by Gasteiger charge is 2.13. The highest BCUT2D eigenvalue weighted by molar-refractivity contribution is 6.00. The van der Waals surface area contributed by atoms with Gasteiger partial charge in [-0.15, -0.1) is 0 Å². The van der Waals surface area contributed by atoms with Crippen molar-refractivity contribution in [2.45, 2.75) is 0 Å². The maximum Gasteiger partial charge on any atom is 0.341 e. The summed E-state index contributed by atoms with van der Waals surface area (Å²) in [6.07, 6.45) is 0. The Morgan fingerprint density at radius 2 is 1.83 bits per heavy atom. The van der Waals surface area contributed by atoms with Crippen molar-refractivity contribution in [2.75, 3.05) is 7.11 Å². The van der Waals surface area contributed by atoms with Gasteiger partial charge in [0.25, 0.3) is 0 Å². The third-order valence-electron chi connectivity index (χ3n) is 2.61.